The lowest BCUT2D eigenvalue weighted by Gasteiger charge is -2.29. The molecule has 2 aromatic rings. The van der Waals surface area contributed by atoms with E-state index in [-0.39, 0.29) is 18.3 Å². The molecule has 0 aliphatic carbocycles. The molecule has 1 unspecified atom stereocenters. The number of phenols is 1. The molecule has 2 heterocycles. The molecule has 1 aliphatic rings. The van der Waals surface area contributed by atoms with Gasteiger partial charge in [0.15, 0.2) is 11.8 Å². The zero-order valence-corrected chi connectivity index (χ0v) is 15.6. The number of esters is 1. The van der Waals surface area contributed by atoms with E-state index in [2.05, 4.69) is 5.10 Å². The lowest BCUT2D eigenvalue weighted by atomic mass is 10.0. The summed E-state index contributed by atoms with van der Waals surface area (Å²) in [6, 6.07) is 6.21. The molecule has 0 saturated heterocycles. The second-order valence-electron chi connectivity index (χ2n) is 6.38. The van der Waals surface area contributed by atoms with Crippen LogP contribution in [0.3, 0.4) is 0 Å². The minimum absolute atomic E-state index is 0.132. The highest BCUT2D eigenvalue weighted by molar-refractivity contribution is 5.90. The van der Waals surface area contributed by atoms with Gasteiger partial charge < -0.3 is 19.5 Å². The van der Waals surface area contributed by atoms with Gasteiger partial charge in [0.05, 0.1) is 18.8 Å². The number of aryl methyl sites for hydroxylation is 1. The Bertz CT molecular complexity index is 844. The number of nitrogens with zero attached hydrogens (tertiary/aromatic N) is 3. The van der Waals surface area contributed by atoms with Crippen molar-refractivity contribution < 1.29 is 24.2 Å². The number of ether oxygens (including phenoxy) is 2. The monoisotopic (exact) mass is 373 g/mol. The molecule has 1 aromatic carbocycles. The van der Waals surface area contributed by atoms with Gasteiger partial charge in [-0.05, 0) is 38.1 Å². The molecule has 0 bridgehead atoms. The molecule has 1 amide bonds. The first-order valence-corrected chi connectivity index (χ1v) is 8.87. The van der Waals surface area contributed by atoms with E-state index in [0.29, 0.717) is 31.0 Å². The van der Waals surface area contributed by atoms with Crippen LogP contribution in [0.25, 0.3) is 0 Å². The molecular formula is C19H23N3O5. The van der Waals surface area contributed by atoms with Crippen LogP contribution in [-0.2, 0) is 29.5 Å². The highest BCUT2D eigenvalue weighted by Crippen LogP contribution is 2.24. The molecule has 8 heteroatoms. The van der Waals surface area contributed by atoms with E-state index in [1.54, 1.807) is 37.9 Å². The third-order valence-corrected chi connectivity index (χ3v) is 4.47. The number of hydrogen-bond acceptors (Lipinski definition) is 6. The summed E-state index contributed by atoms with van der Waals surface area (Å²) in [6.07, 6.45) is -0.126. The van der Waals surface area contributed by atoms with Crippen LogP contribution in [0.15, 0.2) is 24.3 Å². The van der Waals surface area contributed by atoms with Gasteiger partial charge in [0.1, 0.15) is 11.5 Å². The van der Waals surface area contributed by atoms with Gasteiger partial charge in [-0.1, -0.05) is 0 Å². The molecule has 3 rings (SSSR count). The Morgan fingerprint density at radius 1 is 1.30 bits per heavy atom. The lowest BCUT2D eigenvalue weighted by molar-refractivity contribution is -0.138. The normalized spacial score (nSPS) is 14.4. The van der Waals surface area contributed by atoms with Crippen molar-refractivity contribution in [2.24, 2.45) is 7.05 Å². The fraction of sp³-hybridized carbons (Fsp3) is 0.421. The number of amides is 1. The first-order valence-electron chi connectivity index (χ1n) is 8.87. The number of carbonyl (C=O) groups is 2. The van der Waals surface area contributed by atoms with Gasteiger partial charge >= 0.3 is 5.97 Å². The van der Waals surface area contributed by atoms with E-state index in [1.807, 2.05) is 0 Å². The smallest absolute Gasteiger partial charge is 0.356 e. The molecule has 0 fully saturated rings. The van der Waals surface area contributed by atoms with Crippen LogP contribution >= 0.6 is 0 Å². The van der Waals surface area contributed by atoms with E-state index in [0.717, 1.165) is 11.3 Å². The van der Waals surface area contributed by atoms with E-state index >= 15 is 0 Å². The van der Waals surface area contributed by atoms with Gasteiger partial charge in [-0.15, -0.1) is 0 Å². The van der Waals surface area contributed by atoms with Gasteiger partial charge in [0, 0.05) is 25.6 Å². The number of phenolic OH excluding ortho intramolecular Hbond substituents is 1. The third-order valence-electron chi connectivity index (χ3n) is 4.47. The maximum Gasteiger partial charge on any atom is 0.356 e. The van der Waals surface area contributed by atoms with Crippen LogP contribution in [0.4, 0.5) is 0 Å². The Kier molecular flexibility index (Phi) is 5.34. The van der Waals surface area contributed by atoms with Crippen molar-refractivity contribution in [2.45, 2.75) is 32.9 Å². The van der Waals surface area contributed by atoms with E-state index < -0.39 is 12.1 Å². The summed E-state index contributed by atoms with van der Waals surface area (Å²) in [5.41, 5.74) is 1.93. The summed E-state index contributed by atoms with van der Waals surface area (Å²) < 4.78 is 12.3. The predicted molar refractivity (Wildman–Crippen MR) is 96.5 cm³/mol. The quantitative estimate of drug-likeness (QED) is 0.801. The molecular weight excluding hydrogens is 350 g/mol. The average Bonchev–Trinajstić information content (AvgIpc) is 2.98. The minimum Gasteiger partial charge on any atom is -0.508 e. The van der Waals surface area contributed by atoms with Gasteiger partial charge in [-0.2, -0.15) is 5.10 Å². The number of carbonyl (C=O) groups excluding carboxylic acids is 2. The van der Waals surface area contributed by atoms with Crippen molar-refractivity contribution in [3.63, 3.8) is 0 Å². The fourth-order valence-corrected chi connectivity index (χ4v) is 3.18. The number of fused-ring (bicyclic) bond motifs is 1. The van der Waals surface area contributed by atoms with Gasteiger partial charge in [-0.3, -0.25) is 9.48 Å². The van der Waals surface area contributed by atoms with E-state index in [1.165, 1.54) is 16.8 Å². The van der Waals surface area contributed by atoms with Crippen LogP contribution in [-0.4, -0.2) is 50.9 Å². The van der Waals surface area contributed by atoms with Crippen LogP contribution in [0, 0.1) is 0 Å². The zero-order valence-electron chi connectivity index (χ0n) is 15.6. The van der Waals surface area contributed by atoms with Crippen LogP contribution in [0.5, 0.6) is 11.5 Å². The van der Waals surface area contributed by atoms with Crippen molar-refractivity contribution in [1.29, 1.82) is 0 Å². The van der Waals surface area contributed by atoms with Gasteiger partial charge in [0.25, 0.3) is 5.91 Å². The van der Waals surface area contributed by atoms with Crippen molar-refractivity contribution in [3.8, 4) is 11.5 Å². The summed E-state index contributed by atoms with van der Waals surface area (Å²) in [7, 11) is 1.70. The van der Waals surface area contributed by atoms with Crippen LogP contribution in [0.2, 0.25) is 0 Å². The zero-order chi connectivity index (χ0) is 19.6. The average molecular weight is 373 g/mol. The van der Waals surface area contributed by atoms with Crippen LogP contribution < -0.4 is 4.74 Å². The summed E-state index contributed by atoms with van der Waals surface area (Å²) in [5.74, 6) is 0.0247. The van der Waals surface area contributed by atoms with E-state index in [4.69, 9.17) is 9.47 Å². The fourth-order valence-electron chi connectivity index (χ4n) is 3.18. The SMILES string of the molecule is CCOC(=O)c1c2c(nn1C)CCN(C(=O)C(C)Oc1ccc(O)cc1)C2. The second kappa shape index (κ2) is 7.69. The van der Waals surface area contributed by atoms with Crippen molar-refractivity contribution in [1.82, 2.24) is 14.7 Å². The maximum atomic E-state index is 12.8. The molecule has 1 aromatic heterocycles. The molecule has 8 nitrogen and oxygen atoms in total. The Balaban J connectivity index is 1.73. The largest absolute Gasteiger partial charge is 0.508 e. The number of aromatic nitrogens is 2. The summed E-state index contributed by atoms with van der Waals surface area (Å²) >= 11 is 0. The first-order chi connectivity index (χ1) is 12.9. The maximum absolute atomic E-state index is 12.8. The summed E-state index contributed by atoms with van der Waals surface area (Å²) in [4.78, 5) is 26.7. The lowest BCUT2D eigenvalue weighted by Crippen LogP contribution is -2.43. The molecule has 1 aliphatic heterocycles. The molecule has 1 atom stereocenters. The summed E-state index contributed by atoms with van der Waals surface area (Å²) in [6.45, 7) is 4.51. The molecule has 144 valence electrons. The molecule has 27 heavy (non-hydrogen) atoms. The number of rotatable bonds is 5. The van der Waals surface area contributed by atoms with Crippen LogP contribution in [0.1, 0.15) is 35.6 Å². The number of hydrogen-bond donors (Lipinski definition) is 1. The second-order valence-corrected chi connectivity index (χ2v) is 6.38. The third kappa shape index (κ3) is 3.89. The highest BCUT2D eigenvalue weighted by atomic mass is 16.5. The highest BCUT2D eigenvalue weighted by Gasteiger charge is 2.32. The Labute approximate surface area is 157 Å². The van der Waals surface area contributed by atoms with Gasteiger partial charge in [0.2, 0.25) is 0 Å². The standard InChI is InChI=1S/C19H23N3O5/c1-4-26-19(25)17-15-11-22(10-9-16(15)20-21(17)3)18(24)12(2)27-14-7-5-13(23)6-8-14/h5-8,12,23H,4,9-11H2,1-3H3. The molecule has 0 spiro atoms. The van der Waals surface area contributed by atoms with Crippen molar-refractivity contribution >= 4 is 11.9 Å². The minimum atomic E-state index is -0.696. The van der Waals surface area contributed by atoms with Gasteiger partial charge in [-0.25, -0.2) is 4.79 Å². The molecule has 0 saturated carbocycles. The molecule has 0 radical (unpaired) electrons. The number of aromatic hydroxyl groups is 1. The van der Waals surface area contributed by atoms with E-state index in [9.17, 15) is 14.7 Å². The first kappa shape index (κ1) is 18.8. The summed E-state index contributed by atoms with van der Waals surface area (Å²) in [5, 5.41) is 13.7. The van der Waals surface area contributed by atoms with Crippen molar-refractivity contribution in [3.05, 3.63) is 41.2 Å². The Morgan fingerprint density at radius 3 is 2.67 bits per heavy atom. The Hall–Kier alpha value is -3.03. The topological polar surface area (TPSA) is 93.9 Å². The number of benzene rings is 1. The predicted octanol–water partition coefficient (Wildman–Crippen LogP) is 1.65. The molecule has 1 N–H and O–H groups in total. The van der Waals surface area contributed by atoms with Crippen molar-refractivity contribution in [2.75, 3.05) is 13.2 Å². The Morgan fingerprint density at radius 2 is 2.00 bits per heavy atom.